The van der Waals surface area contributed by atoms with E-state index in [0.717, 1.165) is 46.2 Å². The fourth-order valence-corrected chi connectivity index (χ4v) is 4.26. The van der Waals surface area contributed by atoms with E-state index in [2.05, 4.69) is 39.1 Å². The average Bonchev–Trinajstić information content (AvgIpc) is 3.09. The van der Waals surface area contributed by atoms with Crippen molar-refractivity contribution in [2.24, 2.45) is 0 Å². The summed E-state index contributed by atoms with van der Waals surface area (Å²) >= 11 is 9.50. The summed E-state index contributed by atoms with van der Waals surface area (Å²) in [5, 5.41) is 1.90. The number of fused-ring (bicyclic) bond motifs is 3. The lowest BCUT2D eigenvalue weighted by atomic mass is 10.0. The van der Waals surface area contributed by atoms with E-state index in [4.69, 9.17) is 11.6 Å². The Balaban J connectivity index is 1.76. The third kappa shape index (κ3) is 2.70. The van der Waals surface area contributed by atoms with Crippen molar-refractivity contribution in [1.82, 2.24) is 4.57 Å². The van der Waals surface area contributed by atoms with Gasteiger partial charge in [-0.3, -0.25) is 0 Å². The Labute approximate surface area is 148 Å². The first-order valence-corrected chi connectivity index (χ1v) is 8.88. The van der Waals surface area contributed by atoms with Crippen molar-refractivity contribution in [2.45, 2.75) is 25.8 Å². The van der Waals surface area contributed by atoms with E-state index < -0.39 is 0 Å². The molecular weight excluding hydrogens is 377 g/mol. The molecule has 3 aromatic rings. The van der Waals surface area contributed by atoms with E-state index >= 15 is 0 Å². The summed E-state index contributed by atoms with van der Waals surface area (Å²) in [6.07, 6.45) is 5.16. The molecule has 0 atom stereocenters. The van der Waals surface area contributed by atoms with Crippen molar-refractivity contribution in [2.75, 3.05) is 0 Å². The molecule has 2 aromatic carbocycles. The second-order valence-electron chi connectivity index (χ2n) is 5.92. The molecule has 23 heavy (non-hydrogen) atoms. The number of benzene rings is 2. The zero-order chi connectivity index (χ0) is 16.0. The summed E-state index contributed by atoms with van der Waals surface area (Å²) in [5.41, 5.74) is 4.81. The summed E-state index contributed by atoms with van der Waals surface area (Å²) in [7, 11) is 0. The van der Waals surface area contributed by atoms with Crippen LogP contribution >= 0.6 is 27.5 Å². The fraction of sp³-hybridized carbons (Fsp3) is 0.211. The standard InChI is InChI=1S/C19H15BrClFN/c20-16-10-14(22)11-18-19(16)15(17-2-1-9-23(17)18)8-5-12-3-6-13(21)7-4-12/h2-4,6-7,10-11H,1,5,8-9H2. The van der Waals surface area contributed by atoms with Crippen molar-refractivity contribution in [3.8, 4) is 0 Å². The zero-order valence-corrected chi connectivity index (χ0v) is 14.8. The smallest absolute Gasteiger partial charge is 0.126 e. The van der Waals surface area contributed by atoms with Gasteiger partial charge in [-0.05, 0) is 70.6 Å². The molecule has 0 saturated carbocycles. The van der Waals surface area contributed by atoms with Gasteiger partial charge in [0.1, 0.15) is 5.82 Å². The van der Waals surface area contributed by atoms with Crippen LogP contribution in [0.15, 0.2) is 40.9 Å². The Morgan fingerprint density at radius 3 is 2.70 bits per heavy atom. The number of rotatable bonds is 3. The number of hydrogen-bond acceptors (Lipinski definition) is 0. The SMILES string of the molecule is Fc1cc(Br)c2c(CCc3ccc(Cl)cc3)c3n(c2c1)CC[CH]3. The van der Waals surface area contributed by atoms with Crippen LogP contribution in [0.2, 0.25) is 5.02 Å². The predicted molar refractivity (Wildman–Crippen MR) is 96.5 cm³/mol. The van der Waals surface area contributed by atoms with Crippen LogP contribution in [0.25, 0.3) is 10.9 Å². The van der Waals surface area contributed by atoms with Crippen molar-refractivity contribution < 1.29 is 4.39 Å². The van der Waals surface area contributed by atoms with Gasteiger partial charge in [0.25, 0.3) is 0 Å². The minimum Gasteiger partial charge on any atom is -0.344 e. The zero-order valence-electron chi connectivity index (χ0n) is 12.5. The van der Waals surface area contributed by atoms with E-state index in [-0.39, 0.29) is 5.82 Å². The van der Waals surface area contributed by atoms with Crippen LogP contribution in [0.1, 0.15) is 23.2 Å². The molecular formula is C19H15BrClFN. The lowest BCUT2D eigenvalue weighted by Crippen LogP contribution is -1.95. The number of aromatic nitrogens is 1. The Morgan fingerprint density at radius 2 is 1.91 bits per heavy atom. The van der Waals surface area contributed by atoms with Gasteiger partial charge >= 0.3 is 0 Å². The van der Waals surface area contributed by atoms with Crippen LogP contribution in [-0.4, -0.2) is 4.57 Å². The molecule has 0 spiro atoms. The van der Waals surface area contributed by atoms with E-state index in [9.17, 15) is 4.39 Å². The molecule has 0 N–H and O–H groups in total. The van der Waals surface area contributed by atoms with Crippen molar-refractivity contribution in [3.05, 3.63) is 75.0 Å². The van der Waals surface area contributed by atoms with Crippen LogP contribution < -0.4 is 0 Å². The highest BCUT2D eigenvalue weighted by molar-refractivity contribution is 9.10. The summed E-state index contributed by atoms with van der Waals surface area (Å²) < 4.78 is 16.9. The number of halogens is 3. The first-order chi connectivity index (χ1) is 11.1. The molecule has 0 bridgehead atoms. The Morgan fingerprint density at radius 1 is 1.13 bits per heavy atom. The summed E-state index contributed by atoms with van der Waals surface area (Å²) in [6, 6.07) is 11.2. The third-order valence-electron chi connectivity index (χ3n) is 4.49. The van der Waals surface area contributed by atoms with Gasteiger partial charge in [-0.25, -0.2) is 4.39 Å². The highest BCUT2D eigenvalue weighted by Crippen LogP contribution is 2.38. The molecule has 1 aliphatic rings. The van der Waals surface area contributed by atoms with Crippen molar-refractivity contribution in [1.29, 1.82) is 0 Å². The Kier molecular flexibility index (Phi) is 3.94. The Hall–Kier alpha value is -1.32. The molecule has 2 heterocycles. The minimum absolute atomic E-state index is 0.194. The largest absolute Gasteiger partial charge is 0.344 e. The molecule has 0 unspecified atom stereocenters. The topological polar surface area (TPSA) is 4.93 Å². The minimum atomic E-state index is -0.194. The summed E-state index contributed by atoms with van der Waals surface area (Å²) in [6.45, 7) is 0.933. The molecule has 4 heteroatoms. The van der Waals surface area contributed by atoms with Crippen LogP contribution in [0.4, 0.5) is 4.39 Å². The molecule has 0 saturated heterocycles. The number of aryl methyl sites for hydroxylation is 3. The third-order valence-corrected chi connectivity index (χ3v) is 5.37. The molecule has 1 radical (unpaired) electrons. The lowest BCUT2D eigenvalue weighted by molar-refractivity contribution is 0.627. The molecule has 0 aliphatic carbocycles. The van der Waals surface area contributed by atoms with Crippen LogP contribution in [-0.2, 0) is 19.4 Å². The van der Waals surface area contributed by atoms with Gasteiger partial charge in [0.2, 0.25) is 0 Å². The van der Waals surface area contributed by atoms with Gasteiger partial charge in [0, 0.05) is 33.5 Å². The molecule has 0 fully saturated rings. The van der Waals surface area contributed by atoms with Crippen LogP contribution in [0.3, 0.4) is 0 Å². The number of hydrogen-bond donors (Lipinski definition) is 0. The highest BCUT2D eigenvalue weighted by atomic mass is 79.9. The molecule has 1 nitrogen and oxygen atoms in total. The highest BCUT2D eigenvalue weighted by Gasteiger charge is 2.23. The van der Waals surface area contributed by atoms with Crippen LogP contribution in [0, 0.1) is 12.2 Å². The second kappa shape index (κ2) is 5.95. The maximum absolute atomic E-state index is 13.8. The van der Waals surface area contributed by atoms with E-state index in [1.165, 1.54) is 16.8 Å². The predicted octanol–water partition coefficient (Wildman–Crippen LogP) is 5.94. The Bertz CT molecular complexity index is 883. The van der Waals surface area contributed by atoms with Crippen molar-refractivity contribution in [3.63, 3.8) is 0 Å². The molecule has 4 rings (SSSR count). The lowest BCUT2D eigenvalue weighted by Gasteiger charge is -2.05. The van der Waals surface area contributed by atoms with E-state index in [0.29, 0.717) is 0 Å². The van der Waals surface area contributed by atoms with E-state index in [1.54, 1.807) is 12.1 Å². The van der Waals surface area contributed by atoms with Gasteiger partial charge in [-0.1, -0.05) is 23.7 Å². The van der Waals surface area contributed by atoms with Crippen molar-refractivity contribution >= 4 is 38.4 Å². The van der Waals surface area contributed by atoms with Gasteiger partial charge in [0.05, 0.1) is 5.52 Å². The van der Waals surface area contributed by atoms with Gasteiger partial charge in [0.15, 0.2) is 0 Å². The van der Waals surface area contributed by atoms with E-state index in [1.807, 2.05) is 12.1 Å². The van der Waals surface area contributed by atoms with Gasteiger partial charge < -0.3 is 4.57 Å². The number of nitrogens with zero attached hydrogens (tertiary/aromatic N) is 1. The summed E-state index contributed by atoms with van der Waals surface area (Å²) in [4.78, 5) is 0. The maximum atomic E-state index is 13.8. The molecule has 117 valence electrons. The van der Waals surface area contributed by atoms with Gasteiger partial charge in [-0.2, -0.15) is 0 Å². The molecule has 1 aliphatic heterocycles. The monoisotopic (exact) mass is 390 g/mol. The quantitative estimate of drug-likeness (QED) is 0.521. The fourth-order valence-electron chi connectivity index (χ4n) is 3.47. The normalized spacial score (nSPS) is 13.7. The van der Waals surface area contributed by atoms with Gasteiger partial charge in [-0.15, -0.1) is 0 Å². The second-order valence-corrected chi connectivity index (χ2v) is 7.21. The molecule has 0 amide bonds. The van der Waals surface area contributed by atoms with Crippen LogP contribution in [0.5, 0.6) is 0 Å². The maximum Gasteiger partial charge on any atom is 0.126 e. The average molecular weight is 392 g/mol. The summed E-state index contributed by atoms with van der Waals surface area (Å²) in [5.74, 6) is -0.194. The molecule has 1 aromatic heterocycles. The first kappa shape index (κ1) is 15.2. The first-order valence-electron chi connectivity index (χ1n) is 7.71.